The number of carbonyl (C=O) groups is 2. The third-order valence-electron chi connectivity index (χ3n) is 4.74. The summed E-state index contributed by atoms with van der Waals surface area (Å²) in [6, 6.07) is 12.8. The first-order chi connectivity index (χ1) is 15.2. The van der Waals surface area contributed by atoms with E-state index in [-0.39, 0.29) is 23.7 Å². The zero-order valence-corrected chi connectivity index (χ0v) is 18.8. The van der Waals surface area contributed by atoms with Crippen molar-refractivity contribution in [3.63, 3.8) is 0 Å². The lowest BCUT2D eigenvalue weighted by molar-refractivity contribution is -0.129. The number of nitrogens with one attached hydrogen (secondary N) is 1. The van der Waals surface area contributed by atoms with Gasteiger partial charge in [0.05, 0.1) is 31.0 Å². The molecule has 0 saturated heterocycles. The summed E-state index contributed by atoms with van der Waals surface area (Å²) < 4.78 is 41.8. The number of sulfone groups is 1. The van der Waals surface area contributed by atoms with Crippen molar-refractivity contribution in [2.24, 2.45) is 0 Å². The summed E-state index contributed by atoms with van der Waals surface area (Å²) in [6.45, 7) is -0.258. The fourth-order valence-corrected chi connectivity index (χ4v) is 4.63. The Morgan fingerprint density at radius 2 is 1.72 bits per heavy atom. The summed E-state index contributed by atoms with van der Waals surface area (Å²) in [5.41, 5.74) is 2.04. The Hall–Kier alpha value is -3.31. The molecule has 0 aliphatic carbocycles. The zero-order chi connectivity index (χ0) is 23.7. The monoisotopic (exact) mass is 466 g/mol. The van der Waals surface area contributed by atoms with Crippen LogP contribution in [-0.2, 0) is 19.4 Å². The normalized spacial score (nSPS) is 11.9. The number of rotatable bonds is 10. The molecule has 0 heterocycles. The van der Waals surface area contributed by atoms with E-state index in [0.717, 1.165) is 0 Å². The Kier molecular flexibility index (Phi) is 8.85. The lowest BCUT2D eigenvalue weighted by Gasteiger charge is -2.20. The predicted octanol–water partition coefficient (Wildman–Crippen LogP) is 2.40. The minimum Gasteiger partial charge on any atom is -0.493 e. The van der Waals surface area contributed by atoms with Crippen molar-refractivity contribution in [1.29, 1.82) is 0 Å². The van der Waals surface area contributed by atoms with Crippen molar-refractivity contribution >= 4 is 27.5 Å². The molecule has 2 amide bonds. The van der Waals surface area contributed by atoms with Crippen molar-refractivity contribution in [3.8, 4) is 11.5 Å². The molecule has 2 aromatic carbocycles. The molecule has 2 N–H and O–H groups in total. The van der Waals surface area contributed by atoms with Gasteiger partial charge >= 0.3 is 6.09 Å². The second-order valence-electron chi connectivity index (χ2n) is 6.72. The van der Waals surface area contributed by atoms with E-state index in [9.17, 15) is 18.0 Å². The van der Waals surface area contributed by atoms with Gasteiger partial charge < -0.3 is 14.2 Å². The van der Waals surface area contributed by atoms with Gasteiger partial charge in [-0.25, -0.2) is 18.7 Å². The molecule has 32 heavy (non-hydrogen) atoms. The van der Waals surface area contributed by atoms with Crippen LogP contribution in [0.3, 0.4) is 0 Å². The summed E-state index contributed by atoms with van der Waals surface area (Å²) in [4.78, 5) is 25.2. The molecule has 0 spiro atoms. The van der Waals surface area contributed by atoms with Crippen LogP contribution < -0.4 is 19.9 Å². The number of anilines is 1. The lowest BCUT2D eigenvalue weighted by Crippen LogP contribution is -2.32. The maximum atomic E-state index is 13.2. The quantitative estimate of drug-likeness (QED) is 0.403. The number of benzene rings is 2. The molecule has 10 nitrogen and oxygen atoms in total. The molecule has 0 aliphatic heterocycles. The van der Waals surface area contributed by atoms with Crippen LogP contribution in [0.25, 0.3) is 0 Å². The van der Waals surface area contributed by atoms with Gasteiger partial charge in [-0.05, 0) is 30.7 Å². The molecule has 0 aliphatic rings. The fourth-order valence-electron chi connectivity index (χ4n) is 2.94. The van der Waals surface area contributed by atoms with Crippen molar-refractivity contribution in [1.82, 2.24) is 5.48 Å². The second-order valence-corrected chi connectivity index (χ2v) is 8.95. The molecule has 0 radical (unpaired) electrons. The Balaban J connectivity index is 2.17. The molecular formula is C21H26N2O8S. The number of hydrogen-bond acceptors (Lipinski definition) is 8. The smallest absolute Gasteiger partial charge is 0.414 e. The minimum absolute atomic E-state index is 0.0985. The van der Waals surface area contributed by atoms with Crippen LogP contribution in [0, 0.1) is 0 Å². The molecule has 174 valence electrons. The predicted molar refractivity (Wildman–Crippen MR) is 116 cm³/mol. The molecular weight excluding hydrogens is 440 g/mol. The number of carbonyl (C=O) groups excluding carboxylic acids is 2. The van der Waals surface area contributed by atoms with E-state index in [0.29, 0.717) is 11.4 Å². The Morgan fingerprint density at radius 3 is 2.31 bits per heavy atom. The average molecular weight is 467 g/mol. The molecule has 2 rings (SSSR count). The van der Waals surface area contributed by atoms with Gasteiger partial charge in [0.2, 0.25) is 5.91 Å². The van der Waals surface area contributed by atoms with Crippen LogP contribution in [0.1, 0.15) is 12.8 Å². The van der Waals surface area contributed by atoms with Crippen LogP contribution in [0.4, 0.5) is 10.5 Å². The van der Waals surface area contributed by atoms with Crippen LogP contribution >= 0.6 is 0 Å². The summed E-state index contributed by atoms with van der Waals surface area (Å²) in [7, 11) is 0.263. The van der Waals surface area contributed by atoms with Crippen molar-refractivity contribution < 1.29 is 37.4 Å². The number of nitrogens with zero attached hydrogens (tertiary/aromatic N) is 1. The van der Waals surface area contributed by atoms with Gasteiger partial charge in [-0.2, -0.15) is 0 Å². The summed E-state index contributed by atoms with van der Waals surface area (Å²) in [5.74, 6) is -0.337. The summed E-state index contributed by atoms with van der Waals surface area (Å²) in [5, 5.41) is 7.60. The van der Waals surface area contributed by atoms with E-state index >= 15 is 0 Å². The highest BCUT2D eigenvalue weighted by atomic mass is 32.2. The lowest BCUT2D eigenvalue weighted by atomic mass is 10.2. The minimum atomic E-state index is -4.05. The number of hydrogen-bond donors (Lipinski definition) is 2. The highest BCUT2D eigenvalue weighted by Gasteiger charge is 2.31. The molecule has 11 heteroatoms. The molecule has 2 aromatic rings. The molecule has 0 fully saturated rings. The highest BCUT2D eigenvalue weighted by molar-refractivity contribution is 7.92. The van der Waals surface area contributed by atoms with Crippen molar-refractivity contribution in [2.45, 2.75) is 23.0 Å². The number of para-hydroxylation sites is 1. The van der Waals surface area contributed by atoms with Gasteiger partial charge in [-0.1, -0.05) is 18.2 Å². The molecule has 1 atom stereocenters. The topological polar surface area (TPSA) is 131 Å². The summed E-state index contributed by atoms with van der Waals surface area (Å²) in [6.07, 6.45) is -1.37. The van der Waals surface area contributed by atoms with Crippen LogP contribution in [0.2, 0.25) is 0 Å². The van der Waals surface area contributed by atoms with E-state index in [2.05, 4.69) is 0 Å². The molecule has 1 unspecified atom stereocenters. The van der Waals surface area contributed by atoms with Gasteiger partial charge in [0.1, 0.15) is 0 Å². The Bertz CT molecular complexity index is 1030. The maximum Gasteiger partial charge on any atom is 0.414 e. The third-order valence-corrected chi connectivity index (χ3v) is 6.93. The Morgan fingerprint density at radius 1 is 1.06 bits per heavy atom. The SMILES string of the molecule is COc1ccc(S(=O)(=O)C(CCOC(=O)N(C)c2ccccc2)CC(=O)NO)cc1OC. The number of methoxy groups -OCH3 is 2. The maximum absolute atomic E-state index is 13.2. The van der Waals surface area contributed by atoms with E-state index < -0.39 is 33.5 Å². The number of ether oxygens (including phenoxy) is 3. The number of hydroxylamine groups is 1. The first kappa shape index (κ1) is 25.0. The van der Waals surface area contributed by atoms with Gasteiger partial charge in [0.15, 0.2) is 21.3 Å². The number of amides is 2. The molecule has 0 bridgehead atoms. The van der Waals surface area contributed by atoms with Gasteiger partial charge in [0, 0.05) is 25.2 Å². The van der Waals surface area contributed by atoms with Crippen molar-refractivity contribution in [2.75, 3.05) is 32.8 Å². The fraction of sp³-hybridized carbons (Fsp3) is 0.333. The first-order valence-corrected chi connectivity index (χ1v) is 11.1. The standard InChI is InChI=1S/C21H26N2O8S/c1-23(15-7-5-4-6-8-15)21(25)31-12-11-17(14-20(24)22-26)32(27,28)16-9-10-18(29-2)19(13-16)30-3/h4-10,13,17,26H,11-12,14H2,1-3H3,(H,22,24). The van der Waals surface area contributed by atoms with E-state index in [1.165, 1.54) is 49.8 Å². The first-order valence-electron chi connectivity index (χ1n) is 9.59. The average Bonchev–Trinajstić information content (AvgIpc) is 2.82. The highest BCUT2D eigenvalue weighted by Crippen LogP contribution is 2.32. The van der Waals surface area contributed by atoms with Gasteiger partial charge in [0.25, 0.3) is 0 Å². The second kappa shape index (κ2) is 11.3. The zero-order valence-electron chi connectivity index (χ0n) is 18.0. The third kappa shape index (κ3) is 6.11. The Labute approximate surface area is 186 Å². The van der Waals surface area contributed by atoms with Gasteiger partial charge in [-0.15, -0.1) is 0 Å². The van der Waals surface area contributed by atoms with Gasteiger partial charge in [-0.3, -0.25) is 14.9 Å². The van der Waals surface area contributed by atoms with Crippen molar-refractivity contribution in [3.05, 3.63) is 48.5 Å². The van der Waals surface area contributed by atoms with E-state index in [1.54, 1.807) is 30.3 Å². The van der Waals surface area contributed by atoms with Crippen LogP contribution in [-0.4, -0.2) is 58.7 Å². The van der Waals surface area contributed by atoms with E-state index in [1.807, 2.05) is 0 Å². The van der Waals surface area contributed by atoms with E-state index in [4.69, 9.17) is 19.4 Å². The molecule has 0 saturated carbocycles. The largest absolute Gasteiger partial charge is 0.493 e. The van der Waals surface area contributed by atoms with Crippen LogP contribution in [0.15, 0.2) is 53.4 Å². The molecule has 0 aromatic heterocycles. The van der Waals surface area contributed by atoms with Crippen LogP contribution in [0.5, 0.6) is 11.5 Å². The summed E-state index contributed by atoms with van der Waals surface area (Å²) >= 11 is 0.